The Hall–Kier alpha value is -2.69. The van der Waals surface area contributed by atoms with E-state index in [-0.39, 0.29) is 11.8 Å². The molecule has 5 heteroatoms. The van der Waals surface area contributed by atoms with Gasteiger partial charge in [0.15, 0.2) is 0 Å². The van der Waals surface area contributed by atoms with Crippen molar-refractivity contribution in [2.45, 2.75) is 26.2 Å². The van der Waals surface area contributed by atoms with Gasteiger partial charge in [0.1, 0.15) is 5.82 Å². The highest BCUT2D eigenvalue weighted by Gasteiger charge is 2.07. The summed E-state index contributed by atoms with van der Waals surface area (Å²) in [5, 5.41) is 5.52. The first-order chi connectivity index (χ1) is 11.1. The summed E-state index contributed by atoms with van der Waals surface area (Å²) in [5.41, 5.74) is 1.56. The quantitative estimate of drug-likeness (QED) is 0.839. The molecular formula is C18H19FN2O2. The summed E-state index contributed by atoms with van der Waals surface area (Å²) in [4.78, 5) is 23.8. The highest BCUT2D eigenvalue weighted by Crippen LogP contribution is 2.17. The predicted octanol–water partition coefficient (Wildman–Crippen LogP) is 4.21. The van der Waals surface area contributed by atoms with Gasteiger partial charge in [-0.25, -0.2) is 4.39 Å². The smallest absolute Gasteiger partial charge is 0.255 e. The monoisotopic (exact) mass is 314 g/mol. The first kappa shape index (κ1) is 16.7. The molecule has 0 aliphatic rings. The van der Waals surface area contributed by atoms with Crippen LogP contribution in [0.4, 0.5) is 15.8 Å². The van der Waals surface area contributed by atoms with Crippen LogP contribution in [0.25, 0.3) is 0 Å². The molecule has 2 aromatic carbocycles. The summed E-state index contributed by atoms with van der Waals surface area (Å²) in [7, 11) is 0. The summed E-state index contributed by atoms with van der Waals surface area (Å²) >= 11 is 0. The van der Waals surface area contributed by atoms with Crippen molar-refractivity contribution in [3.8, 4) is 0 Å². The largest absolute Gasteiger partial charge is 0.326 e. The van der Waals surface area contributed by atoms with E-state index in [2.05, 4.69) is 10.6 Å². The van der Waals surface area contributed by atoms with Crippen molar-refractivity contribution in [2.75, 3.05) is 10.6 Å². The first-order valence-corrected chi connectivity index (χ1v) is 7.55. The number of hydrogen-bond acceptors (Lipinski definition) is 2. The Morgan fingerprint density at radius 3 is 2.30 bits per heavy atom. The van der Waals surface area contributed by atoms with E-state index in [9.17, 15) is 14.0 Å². The Balaban J connectivity index is 2.00. The molecule has 0 radical (unpaired) electrons. The van der Waals surface area contributed by atoms with Crippen LogP contribution in [-0.4, -0.2) is 11.8 Å². The van der Waals surface area contributed by atoms with Crippen LogP contribution < -0.4 is 10.6 Å². The second-order valence-corrected chi connectivity index (χ2v) is 5.19. The molecule has 2 N–H and O–H groups in total. The first-order valence-electron chi connectivity index (χ1n) is 7.55. The highest BCUT2D eigenvalue weighted by molar-refractivity contribution is 6.04. The molecule has 0 heterocycles. The maximum Gasteiger partial charge on any atom is 0.255 e. The lowest BCUT2D eigenvalue weighted by Crippen LogP contribution is -2.13. The third-order valence-electron chi connectivity index (χ3n) is 3.27. The van der Waals surface area contributed by atoms with Crippen LogP contribution in [0.3, 0.4) is 0 Å². The fraction of sp³-hybridized carbons (Fsp3) is 0.222. The maximum atomic E-state index is 12.9. The number of nitrogens with one attached hydrogen (secondary N) is 2. The van der Waals surface area contributed by atoms with Gasteiger partial charge in [0.25, 0.3) is 5.91 Å². The van der Waals surface area contributed by atoms with Crippen LogP contribution in [0.1, 0.15) is 36.5 Å². The molecule has 0 saturated carbocycles. The number of anilines is 2. The summed E-state index contributed by atoms with van der Waals surface area (Å²) in [6.07, 6.45) is 2.27. The Labute approximate surface area is 134 Å². The third-order valence-corrected chi connectivity index (χ3v) is 3.27. The zero-order valence-corrected chi connectivity index (χ0v) is 12.9. The Morgan fingerprint density at radius 1 is 1.00 bits per heavy atom. The average molecular weight is 314 g/mol. The fourth-order valence-electron chi connectivity index (χ4n) is 2.04. The predicted molar refractivity (Wildman–Crippen MR) is 88.9 cm³/mol. The topological polar surface area (TPSA) is 58.2 Å². The normalized spacial score (nSPS) is 10.2. The van der Waals surface area contributed by atoms with Gasteiger partial charge in [-0.15, -0.1) is 0 Å². The van der Waals surface area contributed by atoms with Crippen LogP contribution in [0.15, 0.2) is 48.5 Å². The van der Waals surface area contributed by atoms with Crippen LogP contribution in [0, 0.1) is 5.82 Å². The molecule has 0 saturated heterocycles. The van der Waals surface area contributed by atoms with Crippen LogP contribution in [0.5, 0.6) is 0 Å². The molecule has 0 bridgehead atoms. The van der Waals surface area contributed by atoms with E-state index in [1.165, 1.54) is 24.3 Å². The molecule has 23 heavy (non-hydrogen) atoms. The van der Waals surface area contributed by atoms with Gasteiger partial charge in [-0.2, -0.15) is 0 Å². The van der Waals surface area contributed by atoms with E-state index in [1.54, 1.807) is 24.3 Å². The summed E-state index contributed by atoms with van der Waals surface area (Å²) in [6, 6.07) is 12.2. The van der Waals surface area contributed by atoms with E-state index in [1.807, 2.05) is 6.92 Å². The van der Waals surface area contributed by atoms with Gasteiger partial charge in [0.2, 0.25) is 5.91 Å². The second kappa shape index (κ2) is 8.08. The Kier molecular flexibility index (Phi) is 5.86. The molecule has 0 fully saturated rings. The molecule has 0 aliphatic carbocycles. The standard InChI is InChI=1S/C18H19FN2O2/c1-2-3-7-17(22)20-15-5-4-6-16(12-15)21-18(23)13-8-10-14(19)11-9-13/h4-6,8-12H,2-3,7H2,1H3,(H,20,22)(H,21,23). The number of unbranched alkanes of at least 4 members (excludes halogenated alkanes) is 1. The number of carbonyl (C=O) groups excluding carboxylic acids is 2. The Morgan fingerprint density at radius 2 is 1.65 bits per heavy atom. The minimum absolute atomic E-state index is 0.0474. The van der Waals surface area contributed by atoms with Crippen molar-refractivity contribution in [3.63, 3.8) is 0 Å². The van der Waals surface area contributed by atoms with Gasteiger partial charge in [-0.1, -0.05) is 19.4 Å². The zero-order valence-electron chi connectivity index (χ0n) is 12.9. The lowest BCUT2D eigenvalue weighted by molar-refractivity contribution is -0.116. The summed E-state index contributed by atoms with van der Waals surface area (Å²) < 4.78 is 12.9. The number of halogens is 1. The number of amides is 2. The van der Waals surface area contributed by atoms with E-state index in [4.69, 9.17) is 0 Å². The van der Waals surface area contributed by atoms with Gasteiger partial charge in [-0.05, 0) is 48.9 Å². The zero-order chi connectivity index (χ0) is 16.7. The van der Waals surface area contributed by atoms with Crippen LogP contribution in [-0.2, 0) is 4.79 Å². The molecule has 2 rings (SSSR count). The summed E-state index contributed by atoms with van der Waals surface area (Å²) in [5.74, 6) is -0.772. The van der Waals surface area contributed by atoms with E-state index >= 15 is 0 Å². The van der Waals surface area contributed by atoms with Crippen molar-refractivity contribution < 1.29 is 14.0 Å². The molecule has 120 valence electrons. The van der Waals surface area contributed by atoms with E-state index in [0.29, 0.717) is 23.4 Å². The molecule has 0 spiro atoms. The van der Waals surface area contributed by atoms with Crippen LogP contribution in [0.2, 0.25) is 0 Å². The van der Waals surface area contributed by atoms with Crippen molar-refractivity contribution in [2.24, 2.45) is 0 Å². The van der Waals surface area contributed by atoms with Crippen molar-refractivity contribution >= 4 is 23.2 Å². The van der Waals surface area contributed by atoms with Crippen LogP contribution >= 0.6 is 0 Å². The van der Waals surface area contributed by atoms with Crippen molar-refractivity contribution in [3.05, 3.63) is 59.9 Å². The number of rotatable bonds is 6. The molecule has 0 aromatic heterocycles. The number of benzene rings is 2. The Bertz CT molecular complexity index is 684. The van der Waals surface area contributed by atoms with Gasteiger partial charge < -0.3 is 10.6 Å². The molecule has 2 aromatic rings. The summed E-state index contributed by atoms with van der Waals surface area (Å²) in [6.45, 7) is 2.03. The van der Waals surface area contributed by atoms with Crippen molar-refractivity contribution in [1.82, 2.24) is 0 Å². The molecule has 4 nitrogen and oxygen atoms in total. The maximum absolute atomic E-state index is 12.9. The average Bonchev–Trinajstić information content (AvgIpc) is 2.54. The highest BCUT2D eigenvalue weighted by atomic mass is 19.1. The van der Waals surface area contributed by atoms with Gasteiger partial charge in [-0.3, -0.25) is 9.59 Å². The van der Waals surface area contributed by atoms with Gasteiger partial charge in [0.05, 0.1) is 0 Å². The minimum Gasteiger partial charge on any atom is -0.326 e. The molecule has 0 unspecified atom stereocenters. The fourth-order valence-corrected chi connectivity index (χ4v) is 2.04. The second-order valence-electron chi connectivity index (χ2n) is 5.19. The molecular weight excluding hydrogens is 295 g/mol. The third kappa shape index (κ3) is 5.21. The number of hydrogen-bond donors (Lipinski definition) is 2. The lowest BCUT2D eigenvalue weighted by Gasteiger charge is -2.09. The lowest BCUT2D eigenvalue weighted by atomic mass is 10.2. The SMILES string of the molecule is CCCCC(=O)Nc1cccc(NC(=O)c2ccc(F)cc2)c1. The van der Waals surface area contributed by atoms with Gasteiger partial charge >= 0.3 is 0 Å². The minimum atomic E-state index is -0.390. The van der Waals surface area contributed by atoms with Crippen molar-refractivity contribution in [1.29, 1.82) is 0 Å². The van der Waals surface area contributed by atoms with Gasteiger partial charge in [0, 0.05) is 23.4 Å². The molecule has 0 aliphatic heterocycles. The number of carbonyl (C=O) groups is 2. The molecule has 2 amide bonds. The molecule has 0 atom stereocenters. The van der Waals surface area contributed by atoms with E-state index < -0.39 is 5.82 Å². The van der Waals surface area contributed by atoms with E-state index in [0.717, 1.165) is 12.8 Å².